The van der Waals surface area contributed by atoms with Crippen LogP contribution in [0.15, 0.2) is 59.9 Å². The summed E-state index contributed by atoms with van der Waals surface area (Å²) in [6, 6.07) is 10.2. The molecule has 0 atom stereocenters. The highest BCUT2D eigenvalue weighted by Crippen LogP contribution is 2.30. The van der Waals surface area contributed by atoms with Crippen molar-refractivity contribution in [2.45, 2.75) is 0 Å². The number of rotatable bonds is 7. The molecule has 0 bridgehead atoms. The molecule has 0 aliphatic heterocycles. The van der Waals surface area contributed by atoms with Crippen molar-refractivity contribution in [2.24, 2.45) is 0 Å². The van der Waals surface area contributed by atoms with Crippen LogP contribution in [0.1, 0.15) is 0 Å². The van der Waals surface area contributed by atoms with E-state index in [9.17, 15) is 14.9 Å². The number of methoxy groups -OCH3 is 1. The first-order valence-corrected chi connectivity index (χ1v) is 9.00. The molecule has 3 aromatic heterocycles. The summed E-state index contributed by atoms with van der Waals surface area (Å²) in [6.45, 7) is 0.922. The molecule has 1 N–H and O–H groups in total. The van der Waals surface area contributed by atoms with Gasteiger partial charge in [0.1, 0.15) is 12.4 Å². The Hall–Kier alpha value is -4.05. The number of aromatic amines is 1. The van der Waals surface area contributed by atoms with Gasteiger partial charge in [-0.1, -0.05) is 12.1 Å². The highest BCUT2D eigenvalue weighted by Gasteiger charge is 2.17. The van der Waals surface area contributed by atoms with Crippen LogP contribution < -0.4 is 10.3 Å². The number of pyridine rings is 1. The summed E-state index contributed by atoms with van der Waals surface area (Å²) in [5, 5.41) is 11.3. The monoisotopic (exact) mass is 407 g/mol. The SMILES string of the molecule is COCCOc1ccc(-c2cn(-c3ccc([N+](=O)[O-])nc3)c3nc[nH]c(=O)c23)cc1. The van der Waals surface area contributed by atoms with Crippen LogP contribution >= 0.6 is 0 Å². The van der Waals surface area contributed by atoms with Crippen LogP contribution in [0.2, 0.25) is 0 Å². The molecule has 0 fully saturated rings. The maximum absolute atomic E-state index is 12.5. The molecule has 4 aromatic rings. The summed E-state index contributed by atoms with van der Waals surface area (Å²) < 4.78 is 12.2. The van der Waals surface area contributed by atoms with Crippen molar-refractivity contribution in [1.82, 2.24) is 19.5 Å². The second kappa shape index (κ2) is 8.13. The van der Waals surface area contributed by atoms with Crippen molar-refractivity contribution in [3.05, 3.63) is 75.6 Å². The fourth-order valence-corrected chi connectivity index (χ4v) is 3.09. The van der Waals surface area contributed by atoms with E-state index in [1.165, 1.54) is 18.6 Å². The number of ether oxygens (including phenoxy) is 2. The average Bonchev–Trinajstić information content (AvgIpc) is 3.15. The van der Waals surface area contributed by atoms with Crippen molar-refractivity contribution in [1.29, 1.82) is 0 Å². The third kappa shape index (κ3) is 3.63. The van der Waals surface area contributed by atoms with Gasteiger partial charge in [0.05, 0.1) is 24.0 Å². The van der Waals surface area contributed by atoms with Gasteiger partial charge in [-0.15, -0.1) is 0 Å². The van der Waals surface area contributed by atoms with Crippen molar-refractivity contribution < 1.29 is 14.4 Å². The molecule has 0 radical (unpaired) electrons. The number of fused-ring (bicyclic) bond motifs is 1. The van der Waals surface area contributed by atoms with Crippen molar-refractivity contribution >= 4 is 16.9 Å². The molecule has 10 heteroatoms. The highest BCUT2D eigenvalue weighted by molar-refractivity contribution is 5.94. The molecule has 4 rings (SSSR count). The van der Waals surface area contributed by atoms with Gasteiger partial charge in [-0.2, -0.15) is 0 Å². The Morgan fingerprint density at radius 2 is 1.93 bits per heavy atom. The molecule has 3 heterocycles. The first kappa shape index (κ1) is 19.3. The van der Waals surface area contributed by atoms with E-state index in [2.05, 4.69) is 15.0 Å². The summed E-state index contributed by atoms with van der Waals surface area (Å²) in [4.78, 5) is 33.6. The number of nitrogens with zero attached hydrogens (tertiary/aromatic N) is 4. The zero-order valence-electron chi connectivity index (χ0n) is 15.9. The van der Waals surface area contributed by atoms with Gasteiger partial charge in [0, 0.05) is 24.9 Å². The lowest BCUT2D eigenvalue weighted by Gasteiger charge is -2.06. The predicted octanol–water partition coefficient (Wildman–Crippen LogP) is 2.71. The molecule has 0 unspecified atom stereocenters. The molecule has 152 valence electrons. The maximum atomic E-state index is 12.5. The molecule has 30 heavy (non-hydrogen) atoms. The number of aromatic nitrogens is 4. The van der Waals surface area contributed by atoms with Gasteiger partial charge in [0.25, 0.3) is 5.56 Å². The minimum absolute atomic E-state index is 0.259. The Bertz CT molecular complexity index is 1250. The largest absolute Gasteiger partial charge is 0.491 e. The number of hydrogen-bond acceptors (Lipinski definition) is 7. The van der Waals surface area contributed by atoms with Crippen LogP contribution in [0.3, 0.4) is 0 Å². The quantitative estimate of drug-likeness (QED) is 0.284. The van der Waals surface area contributed by atoms with E-state index < -0.39 is 4.92 Å². The Balaban J connectivity index is 1.78. The summed E-state index contributed by atoms with van der Waals surface area (Å²) in [7, 11) is 1.61. The molecular weight excluding hydrogens is 390 g/mol. The summed E-state index contributed by atoms with van der Waals surface area (Å²) in [5.41, 5.74) is 2.15. The number of nitro groups is 1. The number of hydrogen-bond donors (Lipinski definition) is 1. The van der Waals surface area contributed by atoms with Gasteiger partial charge in [0.15, 0.2) is 11.8 Å². The summed E-state index contributed by atoms with van der Waals surface area (Å²) in [6.07, 6.45) is 4.45. The van der Waals surface area contributed by atoms with E-state index in [0.29, 0.717) is 41.2 Å². The van der Waals surface area contributed by atoms with Gasteiger partial charge in [-0.25, -0.2) is 4.98 Å². The van der Waals surface area contributed by atoms with Gasteiger partial charge >= 0.3 is 5.82 Å². The third-order valence-electron chi connectivity index (χ3n) is 4.51. The average molecular weight is 407 g/mol. The molecule has 10 nitrogen and oxygen atoms in total. The summed E-state index contributed by atoms with van der Waals surface area (Å²) in [5.74, 6) is 0.427. The minimum atomic E-state index is -0.567. The zero-order valence-corrected chi connectivity index (χ0v) is 15.9. The van der Waals surface area contributed by atoms with E-state index in [4.69, 9.17) is 9.47 Å². The van der Waals surface area contributed by atoms with E-state index in [0.717, 1.165) is 5.56 Å². The number of H-pyrrole nitrogens is 1. The van der Waals surface area contributed by atoms with Crippen LogP contribution in [-0.4, -0.2) is 44.8 Å². The van der Waals surface area contributed by atoms with Crippen LogP contribution in [0.4, 0.5) is 5.82 Å². The summed E-state index contributed by atoms with van der Waals surface area (Å²) >= 11 is 0. The topological polar surface area (TPSA) is 125 Å². The molecule has 0 saturated heterocycles. The second-order valence-corrected chi connectivity index (χ2v) is 6.34. The van der Waals surface area contributed by atoms with Crippen LogP contribution in [0.5, 0.6) is 5.75 Å². The van der Waals surface area contributed by atoms with E-state index >= 15 is 0 Å². The van der Waals surface area contributed by atoms with Crippen molar-refractivity contribution in [3.63, 3.8) is 0 Å². The van der Waals surface area contributed by atoms with E-state index in [-0.39, 0.29) is 11.4 Å². The van der Waals surface area contributed by atoms with Gasteiger partial charge in [-0.3, -0.25) is 9.36 Å². The number of nitrogens with one attached hydrogen (secondary N) is 1. The Morgan fingerprint density at radius 1 is 1.13 bits per heavy atom. The Labute approximate surface area is 169 Å². The number of benzene rings is 1. The lowest BCUT2D eigenvalue weighted by Crippen LogP contribution is -2.07. The first-order valence-electron chi connectivity index (χ1n) is 9.00. The van der Waals surface area contributed by atoms with E-state index in [1.807, 2.05) is 24.3 Å². The lowest BCUT2D eigenvalue weighted by molar-refractivity contribution is -0.389. The van der Waals surface area contributed by atoms with E-state index in [1.54, 1.807) is 23.9 Å². The molecule has 1 aromatic carbocycles. The fourth-order valence-electron chi connectivity index (χ4n) is 3.09. The van der Waals surface area contributed by atoms with Crippen LogP contribution in [-0.2, 0) is 4.74 Å². The second-order valence-electron chi connectivity index (χ2n) is 6.34. The van der Waals surface area contributed by atoms with Crippen molar-refractivity contribution in [3.8, 4) is 22.6 Å². The van der Waals surface area contributed by atoms with Crippen molar-refractivity contribution in [2.75, 3.05) is 20.3 Å². The molecule has 0 aliphatic rings. The standard InChI is InChI=1S/C20H17N5O5/c1-29-8-9-30-15-5-2-13(3-6-15)16-11-24(19-18(16)20(26)23-12-22-19)14-4-7-17(21-10-14)25(27)28/h2-7,10-12H,8-9H2,1H3,(H,22,23,26). The van der Waals surface area contributed by atoms with Gasteiger partial charge in [0.2, 0.25) is 0 Å². The highest BCUT2D eigenvalue weighted by atomic mass is 16.6. The first-order chi connectivity index (χ1) is 14.6. The van der Waals surface area contributed by atoms with Crippen LogP contribution in [0.25, 0.3) is 27.8 Å². The normalized spacial score (nSPS) is 11.0. The third-order valence-corrected chi connectivity index (χ3v) is 4.51. The van der Waals surface area contributed by atoms with Gasteiger partial charge in [-0.05, 0) is 33.7 Å². The molecule has 0 amide bonds. The smallest absolute Gasteiger partial charge is 0.363 e. The fraction of sp³-hybridized carbons (Fsp3) is 0.150. The van der Waals surface area contributed by atoms with Crippen LogP contribution in [0, 0.1) is 10.1 Å². The molecule has 0 spiro atoms. The predicted molar refractivity (Wildman–Crippen MR) is 109 cm³/mol. The zero-order chi connectivity index (χ0) is 21.1. The maximum Gasteiger partial charge on any atom is 0.363 e. The molecular formula is C20H17N5O5. The van der Waals surface area contributed by atoms with Gasteiger partial charge < -0.3 is 24.6 Å². The molecule has 0 saturated carbocycles. The Morgan fingerprint density at radius 3 is 2.60 bits per heavy atom. The Kier molecular flexibility index (Phi) is 5.22. The minimum Gasteiger partial charge on any atom is -0.491 e. The molecule has 0 aliphatic carbocycles. The lowest BCUT2D eigenvalue weighted by atomic mass is 10.1.